The molecular formula is C10H11NO2. The number of hydrogen-bond acceptors (Lipinski definition) is 3. The minimum atomic E-state index is -0.227. The molecule has 68 valence electrons. The molecular weight excluding hydrogens is 166 g/mol. The first-order valence-electron chi connectivity index (χ1n) is 4.16. The fourth-order valence-electron chi connectivity index (χ4n) is 1.51. The van der Waals surface area contributed by atoms with Gasteiger partial charge in [0, 0.05) is 5.56 Å². The number of benzene rings is 1. The molecule has 1 aromatic carbocycles. The first-order valence-corrected chi connectivity index (χ1v) is 4.16. The van der Waals surface area contributed by atoms with Gasteiger partial charge in [0.2, 0.25) is 0 Å². The standard InChI is InChI=1S/C10H11NO2/c1-11(2)9-7-5-3-4-6-8(7)10(12)13-9/h3-6,9H,1-2H3/t9-/m0/s1. The van der Waals surface area contributed by atoms with E-state index >= 15 is 0 Å². The normalized spacial score (nSPS) is 20.2. The Labute approximate surface area is 76.9 Å². The fourth-order valence-corrected chi connectivity index (χ4v) is 1.51. The summed E-state index contributed by atoms with van der Waals surface area (Å²) in [6.07, 6.45) is -0.219. The third kappa shape index (κ3) is 1.21. The Morgan fingerprint density at radius 2 is 2.00 bits per heavy atom. The highest BCUT2D eigenvalue weighted by atomic mass is 16.6. The number of carbonyl (C=O) groups excluding carboxylic acids is 1. The van der Waals surface area contributed by atoms with Crippen LogP contribution in [-0.4, -0.2) is 25.0 Å². The maximum Gasteiger partial charge on any atom is 0.340 e. The van der Waals surface area contributed by atoms with Gasteiger partial charge in [0.05, 0.1) is 5.56 Å². The van der Waals surface area contributed by atoms with E-state index in [1.54, 1.807) is 6.07 Å². The minimum absolute atomic E-state index is 0.219. The molecule has 0 saturated carbocycles. The van der Waals surface area contributed by atoms with Crippen LogP contribution in [0.3, 0.4) is 0 Å². The molecule has 3 heteroatoms. The largest absolute Gasteiger partial charge is 0.438 e. The second-order valence-corrected chi connectivity index (χ2v) is 3.31. The van der Waals surface area contributed by atoms with Crippen molar-refractivity contribution in [1.29, 1.82) is 0 Å². The number of fused-ring (bicyclic) bond motifs is 1. The summed E-state index contributed by atoms with van der Waals surface area (Å²) in [5.41, 5.74) is 1.64. The second-order valence-electron chi connectivity index (χ2n) is 3.31. The third-order valence-corrected chi connectivity index (χ3v) is 2.13. The predicted octanol–water partition coefficient (Wildman–Crippen LogP) is 1.42. The molecule has 2 rings (SSSR count). The molecule has 3 nitrogen and oxygen atoms in total. The van der Waals surface area contributed by atoms with Gasteiger partial charge in [0.1, 0.15) is 0 Å². The number of rotatable bonds is 1. The van der Waals surface area contributed by atoms with E-state index in [1.165, 1.54) is 0 Å². The van der Waals surface area contributed by atoms with Crippen LogP contribution < -0.4 is 0 Å². The van der Waals surface area contributed by atoms with Crippen LogP contribution in [0, 0.1) is 0 Å². The van der Waals surface area contributed by atoms with Gasteiger partial charge in [0.25, 0.3) is 0 Å². The first kappa shape index (κ1) is 8.26. The summed E-state index contributed by atoms with van der Waals surface area (Å²) >= 11 is 0. The summed E-state index contributed by atoms with van der Waals surface area (Å²) < 4.78 is 5.18. The zero-order valence-corrected chi connectivity index (χ0v) is 7.65. The molecule has 0 aliphatic carbocycles. The van der Waals surface area contributed by atoms with Crippen molar-refractivity contribution >= 4 is 5.97 Å². The van der Waals surface area contributed by atoms with Crippen LogP contribution in [0.2, 0.25) is 0 Å². The molecule has 0 fully saturated rings. The molecule has 1 aromatic rings. The van der Waals surface area contributed by atoms with Crippen molar-refractivity contribution in [1.82, 2.24) is 4.90 Å². The number of nitrogens with zero attached hydrogens (tertiary/aromatic N) is 1. The lowest BCUT2D eigenvalue weighted by Crippen LogP contribution is -2.19. The van der Waals surface area contributed by atoms with Crippen LogP contribution in [-0.2, 0) is 4.74 Å². The molecule has 0 saturated heterocycles. The zero-order valence-electron chi connectivity index (χ0n) is 7.65. The summed E-state index contributed by atoms with van der Waals surface area (Å²) in [6, 6.07) is 7.47. The Bertz CT molecular complexity index is 347. The van der Waals surface area contributed by atoms with Crippen LogP contribution in [0.25, 0.3) is 0 Å². The van der Waals surface area contributed by atoms with Crippen LogP contribution in [0.4, 0.5) is 0 Å². The smallest absolute Gasteiger partial charge is 0.340 e. The van der Waals surface area contributed by atoms with Crippen molar-refractivity contribution in [3.05, 3.63) is 35.4 Å². The van der Waals surface area contributed by atoms with E-state index in [9.17, 15) is 4.79 Å². The molecule has 0 radical (unpaired) electrons. The lowest BCUT2D eigenvalue weighted by atomic mass is 10.1. The van der Waals surface area contributed by atoms with E-state index in [0.29, 0.717) is 5.56 Å². The SMILES string of the molecule is CN(C)[C@H]1OC(=O)c2ccccc21. The van der Waals surface area contributed by atoms with Crippen LogP contribution in [0.1, 0.15) is 22.1 Å². The van der Waals surface area contributed by atoms with Gasteiger partial charge in [-0.1, -0.05) is 18.2 Å². The molecule has 0 N–H and O–H groups in total. The Hall–Kier alpha value is -1.35. The van der Waals surface area contributed by atoms with Crippen molar-refractivity contribution in [2.24, 2.45) is 0 Å². The van der Waals surface area contributed by atoms with Crippen LogP contribution in [0.5, 0.6) is 0 Å². The molecule has 0 aromatic heterocycles. The van der Waals surface area contributed by atoms with Crippen LogP contribution in [0.15, 0.2) is 24.3 Å². The molecule has 13 heavy (non-hydrogen) atoms. The van der Waals surface area contributed by atoms with E-state index in [-0.39, 0.29) is 12.2 Å². The Balaban J connectivity index is 2.47. The van der Waals surface area contributed by atoms with E-state index in [4.69, 9.17) is 4.74 Å². The molecule has 0 amide bonds. The highest BCUT2D eigenvalue weighted by molar-refractivity contribution is 5.93. The summed E-state index contributed by atoms with van der Waals surface area (Å²) in [6.45, 7) is 0. The van der Waals surface area contributed by atoms with E-state index in [1.807, 2.05) is 37.2 Å². The summed E-state index contributed by atoms with van der Waals surface area (Å²) in [5, 5.41) is 0. The molecule has 1 aliphatic rings. The average molecular weight is 177 g/mol. The Morgan fingerprint density at radius 1 is 1.31 bits per heavy atom. The molecule has 0 bridgehead atoms. The maximum absolute atomic E-state index is 11.3. The third-order valence-electron chi connectivity index (χ3n) is 2.13. The van der Waals surface area contributed by atoms with Gasteiger partial charge in [0.15, 0.2) is 6.23 Å². The van der Waals surface area contributed by atoms with Crippen LogP contribution >= 0.6 is 0 Å². The molecule has 1 aliphatic heterocycles. The monoisotopic (exact) mass is 177 g/mol. The molecule has 1 atom stereocenters. The van der Waals surface area contributed by atoms with Crippen molar-refractivity contribution in [3.8, 4) is 0 Å². The molecule has 0 spiro atoms. The van der Waals surface area contributed by atoms with Crippen molar-refractivity contribution < 1.29 is 9.53 Å². The number of carbonyl (C=O) groups is 1. The van der Waals surface area contributed by atoms with Gasteiger partial charge in [-0.2, -0.15) is 0 Å². The Morgan fingerprint density at radius 3 is 2.69 bits per heavy atom. The highest BCUT2D eigenvalue weighted by Gasteiger charge is 2.31. The quantitative estimate of drug-likeness (QED) is 0.607. The highest BCUT2D eigenvalue weighted by Crippen LogP contribution is 2.31. The first-order chi connectivity index (χ1) is 6.20. The number of cyclic esters (lactones) is 1. The predicted molar refractivity (Wildman–Crippen MR) is 48.3 cm³/mol. The summed E-state index contributed by atoms with van der Waals surface area (Å²) in [7, 11) is 3.78. The van der Waals surface area contributed by atoms with Gasteiger partial charge in [-0.3, -0.25) is 4.90 Å². The van der Waals surface area contributed by atoms with E-state index in [2.05, 4.69) is 0 Å². The van der Waals surface area contributed by atoms with Crippen molar-refractivity contribution in [2.75, 3.05) is 14.1 Å². The van der Waals surface area contributed by atoms with Gasteiger partial charge in [-0.05, 0) is 20.2 Å². The van der Waals surface area contributed by atoms with E-state index in [0.717, 1.165) is 5.56 Å². The number of ether oxygens (including phenoxy) is 1. The van der Waals surface area contributed by atoms with Gasteiger partial charge < -0.3 is 4.74 Å². The lowest BCUT2D eigenvalue weighted by molar-refractivity contribution is -0.00336. The van der Waals surface area contributed by atoms with Crippen molar-refractivity contribution in [3.63, 3.8) is 0 Å². The maximum atomic E-state index is 11.3. The molecule has 1 heterocycles. The number of hydrogen-bond donors (Lipinski definition) is 0. The van der Waals surface area contributed by atoms with Crippen molar-refractivity contribution in [2.45, 2.75) is 6.23 Å². The van der Waals surface area contributed by atoms with Gasteiger partial charge >= 0.3 is 5.97 Å². The summed E-state index contributed by atoms with van der Waals surface area (Å²) in [5.74, 6) is -0.227. The summed E-state index contributed by atoms with van der Waals surface area (Å²) in [4.78, 5) is 13.2. The molecule has 0 unspecified atom stereocenters. The lowest BCUT2D eigenvalue weighted by Gasteiger charge is -2.18. The second kappa shape index (κ2) is 2.85. The van der Waals surface area contributed by atoms with Gasteiger partial charge in [-0.25, -0.2) is 4.79 Å². The fraction of sp³-hybridized carbons (Fsp3) is 0.300. The van der Waals surface area contributed by atoms with Gasteiger partial charge in [-0.15, -0.1) is 0 Å². The number of esters is 1. The Kier molecular flexibility index (Phi) is 1.81. The topological polar surface area (TPSA) is 29.5 Å². The van der Waals surface area contributed by atoms with E-state index < -0.39 is 0 Å². The average Bonchev–Trinajstić information content (AvgIpc) is 2.45. The zero-order chi connectivity index (χ0) is 9.42. The minimum Gasteiger partial charge on any atom is -0.438 e.